The molecule has 0 saturated carbocycles. The Balaban J connectivity index is 1.94. The average Bonchev–Trinajstić information content (AvgIpc) is 2.88. The number of benzene rings is 2. The number of hydrogen-bond donors (Lipinski definition) is 3. The lowest BCUT2D eigenvalue weighted by Crippen LogP contribution is -2.48. The van der Waals surface area contributed by atoms with Crippen LogP contribution in [0, 0.1) is 24.4 Å². The Bertz CT molecular complexity index is 1040. The van der Waals surface area contributed by atoms with Crippen molar-refractivity contribution < 1.29 is 37.3 Å². The molecule has 12 heteroatoms. The molecule has 1 saturated heterocycles. The highest BCUT2D eigenvalue weighted by Gasteiger charge is 2.52. The van der Waals surface area contributed by atoms with Gasteiger partial charge in [0.2, 0.25) is 0 Å². The van der Waals surface area contributed by atoms with E-state index in [-0.39, 0.29) is 16.0 Å². The van der Waals surface area contributed by atoms with E-state index in [1.807, 2.05) is 0 Å². The van der Waals surface area contributed by atoms with Crippen LogP contribution in [0.2, 0.25) is 0 Å². The van der Waals surface area contributed by atoms with E-state index in [1.165, 1.54) is 12.1 Å². The first kappa shape index (κ1) is 24.1. The maximum Gasteiger partial charge on any atom is 0.596 e. The summed E-state index contributed by atoms with van der Waals surface area (Å²) in [6, 6.07) is 3.95. The molecule has 0 unspecified atom stereocenters. The SMILES string of the molecule is Cc1ccc(F)c(NC(=O)N(B(O)O)c2cc(F)c(B3OC(C)(C)C(C)(C)O3)cc2F)c1. The predicted molar refractivity (Wildman–Crippen MR) is 115 cm³/mol. The first-order valence-electron chi connectivity index (χ1n) is 9.80. The van der Waals surface area contributed by atoms with E-state index in [1.54, 1.807) is 34.6 Å². The minimum absolute atomic E-state index is 0.147. The number of anilines is 2. The van der Waals surface area contributed by atoms with Crippen molar-refractivity contribution in [3.05, 3.63) is 53.3 Å². The fourth-order valence-electron chi connectivity index (χ4n) is 3.14. The molecule has 1 aliphatic heterocycles. The summed E-state index contributed by atoms with van der Waals surface area (Å²) < 4.78 is 55.3. The van der Waals surface area contributed by atoms with Gasteiger partial charge in [-0.25, -0.2) is 18.0 Å². The van der Waals surface area contributed by atoms with Crippen LogP contribution in [0.4, 0.5) is 29.3 Å². The van der Waals surface area contributed by atoms with Crippen molar-refractivity contribution in [2.75, 3.05) is 10.1 Å². The van der Waals surface area contributed by atoms with E-state index >= 15 is 0 Å². The zero-order valence-corrected chi connectivity index (χ0v) is 18.2. The highest BCUT2D eigenvalue weighted by atomic mass is 19.1. The third-order valence-electron chi connectivity index (χ3n) is 5.65. The monoisotopic (exact) mass is 450 g/mol. The van der Waals surface area contributed by atoms with Crippen LogP contribution < -0.4 is 15.6 Å². The quantitative estimate of drug-likeness (QED) is 0.624. The normalized spacial score (nSPS) is 16.8. The molecule has 1 aliphatic rings. The number of aryl methyl sites for hydroxylation is 1. The summed E-state index contributed by atoms with van der Waals surface area (Å²) in [6.07, 6.45) is 0. The Kier molecular flexibility index (Phi) is 6.36. The van der Waals surface area contributed by atoms with Crippen molar-refractivity contribution in [3.63, 3.8) is 0 Å². The van der Waals surface area contributed by atoms with Crippen LogP contribution in [0.3, 0.4) is 0 Å². The number of rotatable bonds is 4. The van der Waals surface area contributed by atoms with Crippen LogP contribution in [0.15, 0.2) is 30.3 Å². The van der Waals surface area contributed by atoms with Crippen molar-refractivity contribution in [2.24, 2.45) is 0 Å². The van der Waals surface area contributed by atoms with E-state index in [9.17, 15) is 28.0 Å². The molecule has 3 rings (SSSR count). The molecule has 7 nitrogen and oxygen atoms in total. The highest BCUT2D eigenvalue weighted by Crippen LogP contribution is 2.37. The number of urea groups is 1. The van der Waals surface area contributed by atoms with Gasteiger partial charge in [0.25, 0.3) is 0 Å². The van der Waals surface area contributed by atoms with E-state index in [0.29, 0.717) is 11.6 Å². The smallest absolute Gasteiger partial charge is 0.407 e. The molecule has 170 valence electrons. The van der Waals surface area contributed by atoms with Crippen LogP contribution in [-0.2, 0) is 9.31 Å². The summed E-state index contributed by atoms with van der Waals surface area (Å²) in [6.45, 7) is 8.63. The third kappa shape index (κ3) is 4.49. The van der Waals surface area contributed by atoms with Gasteiger partial charge in [0.05, 0.1) is 22.6 Å². The van der Waals surface area contributed by atoms with Crippen molar-refractivity contribution in [1.29, 1.82) is 0 Å². The second kappa shape index (κ2) is 8.43. The molecule has 32 heavy (non-hydrogen) atoms. The summed E-state index contributed by atoms with van der Waals surface area (Å²) in [4.78, 5) is 12.7. The molecule has 1 fully saturated rings. The number of nitrogens with zero attached hydrogens (tertiary/aromatic N) is 1. The second-order valence-corrected chi connectivity index (χ2v) is 8.54. The summed E-state index contributed by atoms with van der Waals surface area (Å²) in [5.74, 6) is -2.94. The van der Waals surface area contributed by atoms with Crippen LogP contribution in [-0.4, -0.2) is 41.7 Å². The molecule has 0 atom stereocenters. The van der Waals surface area contributed by atoms with Crippen LogP contribution in [0.25, 0.3) is 0 Å². The lowest BCUT2D eigenvalue weighted by molar-refractivity contribution is 0.00578. The van der Waals surface area contributed by atoms with Gasteiger partial charge in [-0.2, -0.15) is 0 Å². The van der Waals surface area contributed by atoms with Crippen molar-refractivity contribution in [3.8, 4) is 0 Å². The van der Waals surface area contributed by atoms with E-state index in [4.69, 9.17) is 9.31 Å². The van der Waals surface area contributed by atoms with E-state index < -0.39 is 54.7 Å². The summed E-state index contributed by atoms with van der Waals surface area (Å²) >= 11 is 0. The second-order valence-electron chi connectivity index (χ2n) is 8.54. The number of carbonyl (C=O) groups excluding carboxylic acids is 1. The van der Waals surface area contributed by atoms with Crippen molar-refractivity contribution >= 4 is 37.2 Å². The Morgan fingerprint density at radius 2 is 1.59 bits per heavy atom. The maximum atomic E-state index is 14.9. The number of hydrogen-bond acceptors (Lipinski definition) is 5. The zero-order chi connectivity index (χ0) is 24.0. The Morgan fingerprint density at radius 3 is 2.16 bits per heavy atom. The molecule has 0 aromatic heterocycles. The fourth-order valence-corrected chi connectivity index (χ4v) is 3.14. The topological polar surface area (TPSA) is 91.3 Å². The van der Waals surface area contributed by atoms with Gasteiger partial charge in [-0.15, -0.1) is 0 Å². The van der Waals surface area contributed by atoms with Crippen LogP contribution in [0.5, 0.6) is 0 Å². The molecule has 0 radical (unpaired) electrons. The Morgan fingerprint density at radius 1 is 1.00 bits per heavy atom. The van der Waals surface area contributed by atoms with Gasteiger partial charge in [0, 0.05) is 5.46 Å². The lowest BCUT2D eigenvalue weighted by Gasteiger charge is -2.32. The molecule has 0 aliphatic carbocycles. The van der Waals surface area contributed by atoms with E-state index in [0.717, 1.165) is 12.1 Å². The molecule has 2 amide bonds. The van der Waals surface area contributed by atoms with Crippen LogP contribution >= 0.6 is 0 Å². The molecule has 2 aromatic carbocycles. The maximum absolute atomic E-state index is 14.9. The van der Waals surface area contributed by atoms with Gasteiger partial charge < -0.3 is 24.7 Å². The number of halogens is 3. The number of carbonyl (C=O) groups is 1. The van der Waals surface area contributed by atoms with E-state index in [2.05, 4.69) is 5.32 Å². The van der Waals surface area contributed by atoms with Gasteiger partial charge in [-0.1, -0.05) is 6.07 Å². The molecule has 2 aromatic rings. The van der Waals surface area contributed by atoms with Gasteiger partial charge in [-0.05, 0) is 64.4 Å². The number of amides is 2. The number of nitrogens with one attached hydrogen (secondary N) is 1. The lowest BCUT2D eigenvalue weighted by atomic mass is 9.78. The minimum Gasteiger partial charge on any atom is -0.407 e. The Labute approximate surface area is 184 Å². The van der Waals surface area contributed by atoms with Gasteiger partial charge >= 0.3 is 20.4 Å². The first-order chi connectivity index (χ1) is 14.7. The zero-order valence-electron chi connectivity index (χ0n) is 18.2. The molecular formula is C20H23B2F3N2O5. The summed E-state index contributed by atoms with van der Waals surface area (Å²) in [5, 5.41) is 21.4. The average molecular weight is 450 g/mol. The molecular weight excluding hydrogens is 427 g/mol. The standard InChI is InChI=1S/C20H23B2F3N2O5/c1-11-6-7-13(23)16(8-11)26-18(28)27(22(29)30)17-10-14(24)12(9-15(17)25)21-31-19(2,3)20(4,5)32-21/h6-10,29-30H,1-5H3,(H,26,28). The molecule has 0 spiro atoms. The van der Waals surface area contributed by atoms with Crippen molar-refractivity contribution in [1.82, 2.24) is 0 Å². The van der Waals surface area contributed by atoms with Crippen molar-refractivity contribution in [2.45, 2.75) is 45.8 Å². The van der Waals surface area contributed by atoms with Crippen LogP contribution in [0.1, 0.15) is 33.3 Å². The Hall–Kier alpha value is -2.53. The largest absolute Gasteiger partial charge is 0.596 e. The molecule has 0 bridgehead atoms. The van der Waals surface area contributed by atoms with Gasteiger partial charge in [0.1, 0.15) is 17.5 Å². The fraction of sp³-hybridized carbons (Fsp3) is 0.350. The van der Waals surface area contributed by atoms with Gasteiger partial charge in [0.15, 0.2) is 0 Å². The summed E-state index contributed by atoms with van der Waals surface area (Å²) in [7, 11) is -3.76. The molecule has 3 N–H and O–H groups in total. The summed E-state index contributed by atoms with van der Waals surface area (Å²) in [5.41, 5.74) is -2.29. The minimum atomic E-state index is -2.54. The highest BCUT2D eigenvalue weighted by molar-refractivity contribution is 6.62. The predicted octanol–water partition coefficient (Wildman–Crippen LogP) is 2.72. The van der Waals surface area contributed by atoms with Gasteiger partial charge in [-0.3, -0.25) is 4.81 Å². The third-order valence-corrected chi connectivity index (χ3v) is 5.65. The first-order valence-corrected chi connectivity index (χ1v) is 9.80. The molecule has 1 heterocycles.